The first-order valence-corrected chi connectivity index (χ1v) is 11.1. The number of hydrogen-bond donors (Lipinski definition) is 0. The van der Waals surface area contributed by atoms with Crippen LogP contribution in [-0.2, 0) is 27.2 Å². The van der Waals surface area contributed by atoms with Crippen LogP contribution in [0.2, 0.25) is 0 Å². The number of carbonyl (C=O) groups is 2. The van der Waals surface area contributed by atoms with Gasteiger partial charge < -0.3 is 28.7 Å². The van der Waals surface area contributed by atoms with Crippen molar-refractivity contribution in [2.24, 2.45) is 0 Å². The third-order valence-electron chi connectivity index (χ3n) is 5.72. The van der Waals surface area contributed by atoms with Gasteiger partial charge in [0.15, 0.2) is 11.5 Å². The molecule has 0 saturated heterocycles. The molecule has 1 unspecified atom stereocenters. The van der Waals surface area contributed by atoms with Crippen molar-refractivity contribution >= 4 is 12.1 Å². The van der Waals surface area contributed by atoms with Gasteiger partial charge in [-0.25, -0.2) is 9.59 Å². The minimum absolute atomic E-state index is 0.138. The Morgan fingerprint density at radius 3 is 2.68 bits per heavy atom. The van der Waals surface area contributed by atoms with Gasteiger partial charge in [0.2, 0.25) is 13.6 Å². The normalized spacial score (nSPS) is 14.9. The summed E-state index contributed by atoms with van der Waals surface area (Å²) in [7, 11) is 1.65. The molecule has 4 rings (SSSR count). The van der Waals surface area contributed by atoms with E-state index in [0.717, 1.165) is 16.9 Å². The number of ether oxygens (including phenoxy) is 4. The highest BCUT2D eigenvalue weighted by Gasteiger charge is 2.21. The number of allylic oxidation sites excluding steroid dienone is 1. The lowest BCUT2D eigenvalue weighted by molar-refractivity contribution is -0.147. The molecular weight excluding hydrogens is 436 g/mol. The zero-order valence-electron chi connectivity index (χ0n) is 19.3. The van der Waals surface area contributed by atoms with Crippen molar-refractivity contribution in [3.05, 3.63) is 83.7 Å². The van der Waals surface area contributed by atoms with E-state index in [1.807, 2.05) is 72.6 Å². The van der Waals surface area contributed by atoms with Crippen molar-refractivity contribution < 1.29 is 28.5 Å². The Morgan fingerprint density at radius 2 is 1.85 bits per heavy atom. The maximum atomic E-state index is 12.4. The number of nitrogens with zero attached hydrogens (tertiary/aromatic N) is 2. The standard InChI is InChI=1S/C26H28N2O6/c1-19(13-21-10-11-23-24(14-21)32-17-31-23)27(2)26(30)34-18-33-25(29)22-9-6-12-28(16-22)15-20-7-4-3-5-8-20/h3-8,10-12,14,16,19H,9,13,15,17-18H2,1-2H3. The average molecular weight is 465 g/mol. The lowest BCUT2D eigenvalue weighted by atomic mass is 10.1. The molecule has 0 spiro atoms. The lowest BCUT2D eigenvalue weighted by Crippen LogP contribution is -2.37. The number of esters is 1. The number of carbonyl (C=O) groups excluding carboxylic acids is 2. The number of rotatable bonds is 8. The first-order valence-electron chi connectivity index (χ1n) is 11.1. The average Bonchev–Trinajstić information content (AvgIpc) is 3.32. The molecular formula is C26H28N2O6. The number of amides is 1. The molecule has 2 aromatic rings. The fourth-order valence-electron chi connectivity index (χ4n) is 3.69. The second-order valence-corrected chi connectivity index (χ2v) is 8.21. The topological polar surface area (TPSA) is 77.5 Å². The molecule has 0 N–H and O–H groups in total. The number of fused-ring (bicyclic) bond motifs is 1. The fourth-order valence-corrected chi connectivity index (χ4v) is 3.69. The molecule has 1 amide bonds. The first-order chi connectivity index (χ1) is 16.5. The number of benzene rings is 2. The fraction of sp³-hybridized carbons (Fsp3) is 0.308. The Labute approximate surface area is 199 Å². The summed E-state index contributed by atoms with van der Waals surface area (Å²) in [4.78, 5) is 28.2. The van der Waals surface area contributed by atoms with Crippen LogP contribution in [0, 0.1) is 0 Å². The van der Waals surface area contributed by atoms with Crippen molar-refractivity contribution in [3.8, 4) is 11.5 Å². The Hall–Kier alpha value is -3.94. The highest BCUT2D eigenvalue weighted by Crippen LogP contribution is 2.33. The van der Waals surface area contributed by atoms with Crippen LogP contribution in [0.3, 0.4) is 0 Å². The molecule has 8 nitrogen and oxygen atoms in total. The van der Waals surface area contributed by atoms with E-state index in [9.17, 15) is 9.59 Å². The van der Waals surface area contributed by atoms with Gasteiger partial charge >= 0.3 is 12.1 Å². The molecule has 178 valence electrons. The van der Waals surface area contributed by atoms with Gasteiger partial charge in [0.05, 0.1) is 5.57 Å². The van der Waals surface area contributed by atoms with Crippen LogP contribution in [0.4, 0.5) is 4.79 Å². The third kappa shape index (κ3) is 5.89. The van der Waals surface area contributed by atoms with Crippen molar-refractivity contribution in [2.45, 2.75) is 32.4 Å². The number of likely N-dealkylation sites (N-methyl/N-ethyl adjacent to an activating group) is 1. The predicted octanol–water partition coefficient (Wildman–Crippen LogP) is 4.22. The zero-order valence-corrected chi connectivity index (χ0v) is 19.3. The second-order valence-electron chi connectivity index (χ2n) is 8.21. The Bertz CT molecular complexity index is 1080. The lowest BCUT2D eigenvalue weighted by Gasteiger charge is -2.24. The van der Waals surface area contributed by atoms with E-state index in [1.54, 1.807) is 13.2 Å². The minimum atomic E-state index is -0.565. The van der Waals surface area contributed by atoms with Crippen LogP contribution in [0.25, 0.3) is 0 Å². The van der Waals surface area contributed by atoms with Crippen LogP contribution in [0.1, 0.15) is 24.5 Å². The Morgan fingerprint density at radius 1 is 1.06 bits per heavy atom. The van der Waals surface area contributed by atoms with Gasteiger partial charge in [-0.15, -0.1) is 0 Å². The molecule has 8 heteroatoms. The molecule has 34 heavy (non-hydrogen) atoms. The summed E-state index contributed by atoms with van der Waals surface area (Å²) in [5.41, 5.74) is 2.64. The summed E-state index contributed by atoms with van der Waals surface area (Å²) in [5, 5.41) is 0. The molecule has 2 heterocycles. The zero-order chi connectivity index (χ0) is 23.9. The van der Waals surface area contributed by atoms with Crippen molar-refractivity contribution in [1.29, 1.82) is 0 Å². The molecule has 0 aromatic heterocycles. The van der Waals surface area contributed by atoms with Crippen molar-refractivity contribution in [3.63, 3.8) is 0 Å². The Balaban J connectivity index is 1.22. The SMILES string of the molecule is CC(Cc1ccc2c(c1)OCO2)N(C)C(=O)OCOC(=O)C1=CN(Cc2ccccc2)C=CC1. The monoisotopic (exact) mass is 464 g/mol. The van der Waals surface area contributed by atoms with E-state index in [-0.39, 0.29) is 12.8 Å². The molecule has 2 aliphatic rings. The minimum Gasteiger partial charge on any atom is -0.454 e. The van der Waals surface area contributed by atoms with E-state index in [1.165, 1.54) is 4.90 Å². The van der Waals surface area contributed by atoms with Gasteiger partial charge in [0.1, 0.15) is 0 Å². The second kappa shape index (κ2) is 10.8. The highest BCUT2D eigenvalue weighted by atomic mass is 16.7. The van der Waals surface area contributed by atoms with E-state index in [4.69, 9.17) is 18.9 Å². The van der Waals surface area contributed by atoms with Gasteiger partial charge in [-0.3, -0.25) is 0 Å². The largest absolute Gasteiger partial charge is 0.454 e. The van der Waals surface area contributed by atoms with Crippen LogP contribution in [0.5, 0.6) is 11.5 Å². The predicted molar refractivity (Wildman–Crippen MR) is 125 cm³/mol. The van der Waals surface area contributed by atoms with Crippen LogP contribution >= 0.6 is 0 Å². The van der Waals surface area contributed by atoms with Crippen LogP contribution < -0.4 is 9.47 Å². The quantitative estimate of drug-likeness (QED) is 0.428. The molecule has 2 aromatic carbocycles. The summed E-state index contributed by atoms with van der Waals surface area (Å²) >= 11 is 0. The Kier molecular flexibility index (Phi) is 7.37. The van der Waals surface area contributed by atoms with E-state index >= 15 is 0 Å². The van der Waals surface area contributed by atoms with Gasteiger partial charge in [0.25, 0.3) is 0 Å². The smallest absolute Gasteiger partial charge is 0.412 e. The molecule has 0 saturated carbocycles. The maximum Gasteiger partial charge on any atom is 0.412 e. The number of hydrogen-bond acceptors (Lipinski definition) is 7. The van der Waals surface area contributed by atoms with Crippen molar-refractivity contribution in [2.75, 3.05) is 20.6 Å². The summed E-state index contributed by atoms with van der Waals surface area (Å²) in [6.07, 6.45) is 6.10. The summed E-state index contributed by atoms with van der Waals surface area (Å²) in [6.45, 7) is 2.34. The summed E-state index contributed by atoms with van der Waals surface area (Å²) < 4.78 is 21.1. The molecule has 0 radical (unpaired) electrons. The molecule has 0 aliphatic carbocycles. The van der Waals surface area contributed by atoms with Gasteiger partial charge in [-0.1, -0.05) is 42.5 Å². The highest BCUT2D eigenvalue weighted by molar-refractivity contribution is 5.88. The van der Waals surface area contributed by atoms with E-state index in [0.29, 0.717) is 30.7 Å². The van der Waals surface area contributed by atoms with E-state index < -0.39 is 18.9 Å². The van der Waals surface area contributed by atoms with Gasteiger partial charge in [-0.05, 0) is 36.6 Å². The van der Waals surface area contributed by atoms with Gasteiger partial charge in [0, 0.05) is 38.5 Å². The molecule has 1 atom stereocenters. The molecule has 0 bridgehead atoms. The first kappa shape index (κ1) is 23.2. The van der Waals surface area contributed by atoms with Crippen LogP contribution in [-0.4, -0.2) is 48.5 Å². The molecule has 0 fully saturated rings. The third-order valence-corrected chi connectivity index (χ3v) is 5.72. The molecule has 2 aliphatic heterocycles. The van der Waals surface area contributed by atoms with Crippen molar-refractivity contribution in [1.82, 2.24) is 9.80 Å². The van der Waals surface area contributed by atoms with E-state index in [2.05, 4.69) is 0 Å². The summed E-state index contributed by atoms with van der Waals surface area (Å²) in [6, 6.07) is 15.5. The van der Waals surface area contributed by atoms with Gasteiger partial charge in [-0.2, -0.15) is 0 Å². The maximum absolute atomic E-state index is 12.4. The summed E-state index contributed by atoms with van der Waals surface area (Å²) in [5.74, 6) is 0.917. The van der Waals surface area contributed by atoms with Crippen LogP contribution in [0.15, 0.2) is 72.6 Å².